The van der Waals surface area contributed by atoms with Crippen molar-refractivity contribution in [2.75, 3.05) is 0 Å². The molecule has 0 heterocycles. The van der Waals surface area contributed by atoms with E-state index in [2.05, 4.69) is 152 Å². The number of fused-ring (bicyclic) bond motifs is 3. The number of benzene rings is 5. The summed E-state index contributed by atoms with van der Waals surface area (Å²) < 4.78 is 0. The number of rotatable bonds is 2. The highest BCUT2D eigenvalue weighted by Crippen LogP contribution is 2.56. The van der Waals surface area contributed by atoms with Crippen LogP contribution in [0.3, 0.4) is 0 Å². The Morgan fingerprint density at radius 1 is 0.333 bits per heavy atom. The van der Waals surface area contributed by atoms with Crippen molar-refractivity contribution in [2.24, 2.45) is 0 Å². The van der Waals surface area contributed by atoms with Crippen LogP contribution in [0.1, 0.15) is 66.8 Å². The van der Waals surface area contributed by atoms with Crippen LogP contribution >= 0.6 is 0 Å². The van der Waals surface area contributed by atoms with Gasteiger partial charge in [-0.2, -0.15) is 0 Å². The lowest BCUT2D eigenvalue weighted by Gasteiger charge is -2.34. The third kappa shape index (κ3) is 4.74. The Kier molecular flexibility index (Phi) is 7.08. The van der Waals surface area contributed by atoms with Crippen LogP contribution in [0.25, 0.3) is 11.1 Å². The van der Waals surface area contributed by atoms with Crippen LogP contribution in [0.5, 0.6) is 0 Å². The summed E-state index contributed by atoms with van der Waals surface area (Å²) >= 11 is 0. The van der Waals surface area contributed by atoms with Gasteiger partial charge in [0.2, 0.25) is 0 Å². The number of hydrogen-bond acceptors (Lipinski definition) is 0. The molecule has 1 aliphatic carbocycles. The molecule has 196 valence electrons. The monoisotopic (exact) mass is 508 g/mol. The molecule has 5 aromatic carbocycles. The van der Waals surface area contributed by atoms with Gasteiger partial charge in [0.15, 0.2) is 0 Å². The quantitative estimate of drug-likeness (QED) is 0.218. The zero-order valence-corrected chi connectivity index (χ0v) is 24.7. The molecule has 0 atom stereocenters. The third-order valence-electron chi connectivity index (χ3n) is 8.53. The van der Waals surface area contributed by atoms with E-state index < -0.39 is 0 Å². The van der Waals surface area contributed by atoms with Gasteiger partial charge in [-0.05, 0) is 111 Å². The molecular formula is C39H40. The Bertz CT molecular complexity index is 1500. The minimum absolute atomic E-state index is 0.288. The summed E-state index contributed by atoms with van der Waals surface area (Å²) in [5.41, 5.74) is 18.6. The zero-order valence-electron chi connectivity index (χ0n) is 24.7. The first kappa shape index (κ1) is 26.7. The minimum Gasteiger partial charge on any atom is -0.0590 e. The van der Waals surface area contributed by atoms with E-state index in [1.165, 1.54) is 77.9 Å². The molecule has 0 radical (unpaired) electrons. The van der Waals surface area contributed by atoms with Crippen LogP contribution in [0, 0.1) is 55.4 Å². The van der Waals surface area contributed by atoms with E-state index in [1.807, 2.05) is 0 Å². The molecule has 6 rings (SSSR count). The highest BCUT2D eigenvalue weighted by Gasteiger charge is 2.46. The normalized spacial score (nSPS) is 12.8. The van der Waals surface area contributed by atoms with Gasteiger partial charge in [-0.15, -0.1) is 0 Å². The molecule has 0 heteroatoms. The van der Waals surface area contributed by atoms with Crippen molar-refractivity contribution in [3.05, 3.63) is 164 Å². The second kappa shape index (κ2) is 10.3. The molecule has 1 aliphatic rings. The van der Waals surface area contributed by atoms with Gasteiger partial charge in [0.05, 0.1) is 5.41 Å². The van der Waals surface area contributed by atoms with E-state index in [0.717, 1.165) is 0 Å². The fraction of sp³-hybridized carbons (Fsp3) is 0.231. The standard InChI is InChI=1S/C29H26.C10H14/c1-19-5-11-23(12-6-19)29(24-13-7-20(2)8-14-24)27-17-21(3)9-15-25(27)26-16-10-22(4)18-28(26)29;1-7-5-9(3)10(4)6-8(7)2/h5-18H,1-4H3;5-6H,1-4H3. The van der Waals surface area contributed by atoms with Crippen LogP contribution in [0.15, 0.2) is 97.1 Å². The second-order valence-electron chi connectivity index (χ2n) is 11.6. The van der Waals surface area contributed by atoms with Crippen molar-refractivity contribution in [3.8, 4) is 11.1 Å². The summed E-state index contributed by atoms with van der Waals surface area (Å²) in [6, 6.07) is 36.6. The molecule has 0 fully saturated rings. The lowest BCUT2D eigenvalue weighted by Crippen LogP contribution is -2.28. The maximum atomic E-state index is 2.39. The van der Waals surface area contributed by atoms with E-state index in [0.29, 0.717) is 0 Å². The molecule has 0 aliphatic heterocycles. The third-order valence-corrected chi connectivity index (χ3v) is 8.53. The van der Waals surface area contributed by atoms with Gasteiger partial charge in [-0.1, -0.05) is 119 Å². The maximum absolute atomic E-state index is 2.39. The van der Waals surface area contributed by atoms with E-state index in [1.54, 1.807) is 0 Å². The molecule has 5 aromatic rings. The predicted molar refractivity (Wildman–Crippen MR) is 168 cm³/mol. The molecule has 0 spiro atoms. The average molecular weight is 509 g/mol. The first-order chi connectivity index (χ1) is 18.6. The van der Waals surface area contributed by atoms with Crippen molar-refractivity contribution in [1.82, 2.24) is 0 Å². The molecule has 39 heavy (non-hydrogen) atoms. The summed E-state index contributed by atoms with van der Waals surface area (Å²) in [4.78, 5) is 0. The van der Waals surface area contributed by atoms with Crippen LogP contribution in [0.4, 0.5) is 0 Å². The molecule has 0 aromatic heterocycles. The molecule has 0 N–H and O–H groups in total. The lowest BCUT2D eigenvalue weighted by atomic mass is 9.67. The Morgan fingerprint density at radius 2 is 0.641 bits per heavy atom. The highest BCUT2D eigenvalue weighted by atomic mass is 14.5. The predicted octanol–water partition coefficient (Wildman–Crippen LogP) is 10.2. The summed E-state index contributed by atoms with van der Waals surface area (Å²) in [7, 11) is 0. The average Bonchev–Trinajstić information content (AvgIpc) is 3.18. The molecule has 0 saturated heterocycles. The largest absolute Gasteiger partial charge is 0.0713 e. The van der Waals surface area contributed by atoms with Crippen molar-refractivity contribution in [1.29, 1.82) is 0 Å². The Labute approximate surface area is 235 Å². The van der Waals surface area contributed by atoms with E-state index >= 15 is 0 Å². The lowest BCUT2D eigenvalue weighted by molar-refractivity contribution is 0.765. The summed E-state index contributed by atoms with van der Waals surface area (Å²) in [6.07, 6.45) is 0. The summed E-state index contributed by atoms with van der Waals surface area (Å²) in [5.74, 6) is 0. The van der Waals surface area contributed by atoms with Crippen LogP contribution in [-0.4, -0.2) is 0 Å². The summed E-state index contributed by atoms with van der Waals surface area (Å²) in [6.45, 7) is 17.3. The Hall–Kier alpha value is -3.90. The molecule has 0 unspecified atom stereocenters. The molecule has 0 nitrogen and oxygen atoms in total. The van der Waals surface area contributed by atoms with Gasteiger partial charge in [-0.3, -0.25) is 0 Å². The molecular weight excluding hydrogens is 468 g/mol. The van der Waals surface area contributed by atoms with Gasteiger partial charge in [0.1, 0.15) is 0 Å². The molecule has 0 saturated carbocycles. The van der Waals surface area contributed by atoms with Crippen molar-refractivity contribution < 1.29 is 0 Å². The van der Waals surface area contributed by atoms with Crippen molar-refractivity contribution in [3.63, 3.8) is 0 Å². The zero-order chi connectivity index (χ0) is 27.9. The van der Waals surface area contributed by atoms with Crippen LogP contribution in [-0.2, 0) is 5.41 Å². The van der Waals surface area contributed by atoms with E-state index in [4.69, 9.17) is 0 Å². The maximum Gasteiger partial charge on any atom is 0.0713 e. The second-order valence-corrected chi connectivity index (χ2v) is 11.6. The fourth-order valence-corrected chi connectivity index (χ4v) is 6.05. The van der Waals surface area contributed by atoms with Crippen LogP contribution < -0.4 is 0 Å². The SMILES string of the molecule is Cc1cc(C)c(C)cc1C.Cc1ccc(C2(c3ccc(C)cc3)c3cc(C)ccc3-c3ccc(C)cc32)cc1. The van der Waals surface area contributed by atoms with Gasteiger partial charge < -0.3 is 0 Å². The smallest absolute Gasteiger partial charge is 0.0590 e. The van der Waals surface area contributed by atoms with Crippen molar-refractivity contribution in [2.45, 2.75) is 60.8 Å². The van der Waals surface area contributed by atoms with E-state index in [9.17, 15) is 0 Å². The highest BCUT2D eigenvalue weighted by molar-refractivity contribution is 5.86. The Balaban J connectivity index is 0.000000261. The van der Waals surface area contributed by atoms with E-state index in [-0.39, 0.29) is 5.41 Å². The number of aryl methyl sites for hydroxylation is 8. The Morgan fingerprint density at radius 3 is 0.974 bits per heavy atom. The van der Waals surface area contributed by atoms with Crippen LogP contribution in [0.2, 0.25) is 0 Å². The fourth-order valence-electron chi connectivity index (χ4n) is 6.05. The molecule has 0 bridgehead atoms. The topological polar surface area (TPSA) is 0 Å². The van der Waals surface area contributed by atoms with Gasteiger partial charge in [0, 0.05) is 0 Å². The molecule has 0 amide bonds. The van der Waals surface area contributed by atoms with Crippen molar-refractivity contribution >= 4 is 0 Å². The van der Waals surface area contributed by atoms with Gasteiger partial charge >= 0.3 is 0 Å². The first-order valence-electron chi connectivity index (χ1n) is 14.0. The van der Waals surface area contributed by atoms with Gasteiger partial charge in [-0.25, -0.2) is 0 Å². The first-order valence-corrected chi connectivity index (χ1v) is 14.0. The van der Waals surface area contributed by atoms with Gasteiger partial charge in [0.25, 0.3) is 0 Å². The number of hydrogen-bond donors (Lipinski definition) is 0. The summed E-state index contributed by atoms with van der Waals surface area (Å²) in [5, 5.41) is 0. The minimum atomic E-state index is -0.288.